The summed E-state index contributed by atoms with van der Waals surface area (Å²) in [7, 11) is -5.59. The Labute approximate surface area is 307 Å². The number of carboxylic acids is 1. The highest BCUT2D eigenvalue weighted by Gasteiger charge is 2.59. The molecule has 0 spiro atoms. The van der Waals surface area contributed by atoms with E-state index in [9.17, 15) is 59.6 Å². The molecule has 11 N–H and O–H groups in total. The van der Waals surface area contributed by atoms with E-state index in [1.165, 1.54) is 10.7 Å². The standard InChI is InChI=1S/C30H48N7O16P/c1-2-3-4-5-6-7-8-16-12-36(35-34-16)13-21(41)33-22-17(39)11-30(28(45)46,52-26(22)23(42)18(40)14-38)53-54(48,49)50-15-19-24(43)25(44)27(51-19)37-10-9-20(31)32-29(37)47/h9-10,12,17-19,22-27,38-40,42-44H,2-8,11,13-15H2,1H3,(H,33,41)(H,45,46)(H,48,49)(H2,31,32,47)/t17-,18+,19+,22+,23+,24+,25+,26+,27+,30+/m0/s1. The number of amides is 1. The number of ether oxygens (including phenoxy) is 2. The van der Waals surface area contributed by atoms with Gasteiger partial charge in [0.15, 0.2) is 6.23 Å². The Morgan fingerprint density at radius 2 is 1.87 bits per heavy atom. The number of anilines is 1. The number of unbranched alkanes of at least 4 members (excludes halogenated alkanes) is 5. The fourth-order valence-corrected chi connectivity index (χ4v) is 7.03. The van der Waals surface area contributed by atoms with Crippen LogP contribution in [-0.2, 0) is 45.6 Å². The Hall–Kier alpha value is -3.45. The number of rotatable bonds is 20. The second kappa shape index (κ2) is 18.9. The van der Waals surface area contributed by atoms with Crippen molar-refractivity contribution in [2.24, 2.45) is 0 Å². The molecule has 304 valence electrons. The highest BCUT2D eigenvalue weighted by Crippen LogP contribution is 2.51. The summed E-state index contributed by atoms with van der Waals surface area (Å²) in [6.45, 7) is -0.431. The SMILES string of the molecule is CCCCCCCCc1cn(CC(=O)N[C@H]2[C@H]([C@H](O)[C@H](O)CO)O[C@](OP(=O)(O)OC[C@H]3O[C@@H](n4ccc(N)nc4=O)[C@H](O)[C@@H]3O)(C(=O)O)C[C@@H]2O)nn1. The predicted octanol–water partition coefficient (Wildman–Crippen LogP) is -3.10. The average molecular weight is 794 g/mol. The Kier molecular flexibility index (Phi) is 15.2. The number of nitrogens with two attached hydrogens (primary N) is 1. The first-order valence-corrected chi connectivity index (χ1v) is 18.8. The molecule has 2 aliphatic rings. The summed E-state index contributed by atoms with van der Waals surface area (Å²) in [6, 6.07) is -0.474. The highest BCUT2D eigenvalue weighted by molar-refractivity contribution is 7.47. The van der Waals surface area contributed by atoms with E-state index in [0.717, 1.165) is 49.3 Å². The van der Waals surface area contributed by atoms with Gasteiger partial charge >= 0.3 is 19.5 Å². The lowest BCUT2D eigenvalue weighted by Crippen LogP contribution is -2.68. The number of carbonyl (C=O) groups is 2. The van der Waals surface area contributed by atoms with Crippen LogP contribution in [0.2, 0.25) is 0 Å². The van der Waals surface area contributed by atoms with Crippen LogP contribution in [-0.4, -0.2) is 145 Å². The van der Waals surface area contributed by atoms with Gasteiger partial charge in [0.2, 0.25) is 5.91 Å². The lowest BCUT2D eigenvalue weighted by Gasteiger charge is -2.46. The number of hydrogen-bond donors (Lipinski definition) is 10. The Morgan fingerprint density at radius 3 is 2.54 bits per heavy atom. The molecule has 1 amide bonds. The molecule has 1 unspecified atom stereocenters. The van der Waals surface area contributed by atoms with Crippen LogP contribution in [0.15, 0.2) is 23.3 Å². The Bertz CT molecular complexity index is 1670. The molecular weight excluding hydrogens is 745 g/mol. The highest BCUT2D eigenvalue weighted by atomic mass is 31.2. The summed E-state index contributed by atoms with van der Waals surface area (Å²) < 4.78 is 35.8. The van der Waals surface area contributed by atoms with Crippen molar-refractivity contribution in [1.29, 1.82) is 0 Å². The van der Waals surface area contributed by atoms with E-state index in [1.54, 1.807) is 6.20 Å². The molecule has 0 radical (unpaired) electrons. The molecular formula is C30H48N7O16P. The molecule has 4 heterocycles. The van der Waals surface area contributed by atoms with Gasteiger partial charge in [0, 0.05) is 18.8 Å². The molecule has 2 aliphatic heterocycles. The van der Waals surface area contributed by atoms with Crippen LogP contribution in [0.25, 0.3) is 0 Å². The Balaban J connectivity index is 1.43. The molecule has 4 rings (SSSR count). The van der Waals surface area contributed by atoms with E-state index in [2.05, 4.69) is 27.5 Å². The molecule has 11 atom stereocenters. The first kappa shape index (κ1) is 43.3. The molecule has 23 nitrogen and oxygen atoms in total. The van der Waals surface area contributed by atoms with Gasteiger partial charge in [-0.25, -0.2) is 23.4 Å². The van der Waals surface area contributed by atoms with Gasteiger partial charge in [0.05, 0.1) is 31.1 Å². The van der Waals surface area contributed by atoms with Crippen molar-refractivity contribution >= 4 is 25.5 Å². The average Bonchev–Trinajstić information content (AvgIpc) is 3.67. The van der Waals surface area contributed by atoms with Gasteiger partial charge in [-0.1, -0.05) is 44.2 Å². The first-order valence-electron chi connectivity index (χ1n) is 17.3. The molecule has 2 fully saturated rings. The zero-order valence-electron chi connectivity index (χ0n) is 29.3. The lowest BCUT2D eigenvalue weighted by atomic mass is 9.88. The zero-order valence-corrected chi connectivity index (χ0v) is 30.2. The van der Waals surface area contributed by atoms with Gasteiger partial charge in [-0.15, -0.1) is 5.10 Å². The fourth-order valence-electron chi connectivity index (χ4n) is 6.08. The van der Waals surface area contributed by atoms with Crippen molar-refractivity contribution in [1.82, 2.24) is 29.9 Å². The summed E-state index contributed by atoms with van der Waals surface area (Å²) in [5, 5.41) is 83.0. The number of aliphatic carboxylic acids is 1. The summed E-state index contributed by atoms with van der Waals surface area (Å²) in [6.07, 6.45) is -6.48. The number of carbonyl (C=O) groups excluding carboxylic acids is 1. The number of phosphoric acid groups is 1. The Morgan fingerprint density at radius 1 is 1.17 bits per heavy atom. The van der Waals surface area contributed by atoms with Gasteiger partial charge < -0.3 is 61.2 Å². The van der Waals surface area contributed by atoms with Gasteiger partial charge in [0.25, 0.3) is 5.79 Å². The molecule has 0 saturated carbocycles. The summed E-state index contributed by atoms with van der Waals surface area (Å²) >= 11 is 0. The fraction of sp³-hybridized carbons (Fsp3) is 0.733. The van der Waals surface area contributed by atoms with Crippen LogP contribution >= 0.6 is 7.82 Å². The van der Waals surface area contributed by atoms with Gasteiger partial charge in [0.1, 0.15) is 49.0 Å². The monoisotopic (exact) mass is 793 g/mol. The third-order valence-corrected chi connectivity index (χ3v) is 9.95. The largest absolute Gasteiger partial charge is 0.477 e. The second-order valence-electron chi connectivity index (χ2n) is 13.1. The number of nitrogen functional groups attached to an aromatic ring is 1. The number of nitrogens with zero attached hydrogens (tertiary/aromatic N) is 5. The third-order valence-electron chi connectivity index (χ3n) is 8.95. The minimum Gasteiger partial charge on any atom is -0.477 e. The van der Waals surface area contributed by atoms with Gasteiger partial charge in [-0.05, 0) is 18.9 Å². The second-order valence-corrected chi connectivity index (χ2v) is 14.5. The first-order chi connectivity index (χ1) is 25.5. The molecule has 54 heavy (non-hydrogen) atoms. The van der Waals surface area contributed by atoms with Crippen LogP contribution in [0.4, 0.5) is 5.82 Å². The maximum absolute atomic E-state index is 13.1. The maximum atomic E-state index is 13.1. The molecule has 2 aromatic heterocycles. The van der Waals surface area contributed by atoms with Crippen molar-refractivity contribution in [2.45, 2.75) is 126 Å². The van der Waals surface area contributed by atoms with Crippen molar-refractivity contribution in [3.05, 3.63) is 34.6 Å². The van der Waals surface area contributed by atoms with Crippen molar-refractivity contribution < 1.29 is 73.3 Å². The number of carboxylic acid groups (broad SMARTS) is 1. The van der Waals surface area contributed by atoms with Crippen molar-refractivity contribution in [3.63, 3.8) is 0 Å². The minimum absolute atomic E-state index is 0.140. The van der Waals surface area contributed by atoms with Crippen LogP contribution in [0.3, 0.4) is 0 Å². The summed E-state index contributed by atoms with van der Waals surface area (Å²) in [4.78, 5) is 51.8. The number of aliphatic hydroxyl groups excluding tert-OH is 6. The van der Waals surface area contributed by atoms with Crippen LogP contribution in [0, 0.1) is 0 Å². The zero-order chi connectivity index (χ0) is 39.8. The minimum atomic E-state index is -5.59. The van der Waals surface area contributed by atoms with Crippen molar-refractivity contribution in [3.8, 4) is 0 Å². The number of aliphatic hydroxyl groups is 6. The van der Waals surface area contributed by atoms with E-state index in [1.807, 2.05) is 0 Å². The quantitative estimate of drug-likeness (QED) is 0.0469. The number of phosphoric ester groups is 1. The number of hydrogen-bond acceptors (Lipinski definition) is 18. The number of aromatic nitrogens is 5. The van der Waals surface area contributed by atoms with Gasteiger partial charge in [-0.2, -0.15) is 4.98 Å². The summed E-state index contributed by atoms with van der Waals surface area (Å²) in [5.41, 5.74) is 5.14. The molecule has 2 aromatic rings. The van der Waals surface area contributed by atoms with Crippen LogP contribution in [0.5, 0.6) is 0 Å². The summed E-state index contributed by atoms with van der Waals surface area (Å²) in [5.74, 6) is -6.34. The van der Waals surface area contributed by atoms with Crippen LogP contribution in [0.1, 0.15) is 63.8 Å². The molecule has 0 aliphatic carbocycles. The smallest absolute Gasteiger partial charge is 0.475 e. The lowest BCUT2D eigenvalue weighted by molar-refractivity contribution is -0.289. The van der Waals surface area contributed by atoms with E-state index >= 15 is 0 Å². The predicted molar refractivity (Wildman–Crippen MR) is 180 cm³/mol. The number of nitrogens with one attached hydrogen (secondary N) is 1. The van der Waals surface area contributed by atoms with E-state index in [0.29, 0.717) is 12.1 Å². The topological polar surface area (TPSA) is 354 Å². The molecule has 0 bridgehead atoms. The van der Waals surface area contributed by atoms with Crippen molar-refractivity contribution in [2.75, 3.05) is 18.9 Å². The van der Waals surface area contributed by atoms with E-state index < -0.39 is 112 Å². The maximum Gasteiger partial charge on any atom is 0.475 e. The van der Waals surface area contributed by atoms with E-state index in [4.69, 9.17) is 24.3 Å². The van der Waals surface area contributed by atoms with Crippen LogP contribution < -0.4 is 16.7 Å². The molecule has 2 saturated heterocycles. The normalized spacial score (nSPS) is 29.4. The third kappa shape index (κ3) is 10.9. The van der Waals surface area contributed by atoms with Gasteiger partial charge in [-0.3, -0.25) is 13.9 Å². The molecule has 0 aromatic carbocycles. The molecule has 24 heteroatoms. The number of aryl methyl sites for hydroxylation is 1. The van der Waals surface area contributed by atoms with E-state index in [-0.39, 0.29) is 5.82 Å².